The first-order valence-corrected chi connectivity index (χ1v) is 9.36. The summed E-state index contributed by atoms with van der Waals surface area (Å²) in [5, 5.41) is 4.14. The molecule has 2 aliphatic rings. The van der Waals surface area contributed by atoms with Crippen LogP contribution in [0.25, 0.3) is 0 Å². The van der Waals surface area contributed by atoms with E-state index in [4.69, 9.17) is 21.9 Å². The third-order valence-corrected chi connectivity index (χ3v) is 5.32. The highest BCUT2D eigenvalue weighted by molar-refractivity contribution is 7.80. The normalized spacial score (nSPS) is 24.6. The lowest BCUT2D eigenvalue weighted by Gasteiger charge is -2.48. The van der Waals surface area contributed by atoms with Crippen LogP contribution in [0.5, 0.6) is 0 Å². The smallest absolute Gasteiger partial charge is 0.202 e. The van der Waals surface area contributed by atoms with E-state index in [1.807, 2.05) is 36.4 Å². The molecule has 4 nitrogen and oxygen atoms in total. The molecule has 26 heavy (non-hydrogen) atoms. The summed E-state index contributed by atoms with van der Waals surface area (Å²) in [4.78, 5) is 7.00. The first kappa shape index (κ1) is 17.2. The highest BCUT2D eigenvalue weighted by Gasteiger charge is 2.53. The second-order valence-corrected chi connectivity index (χ2v) is 7.84. The summed E-state index contributed by atoms with van der Waals surface area (Å²) >= 11 is 5.70. The van der Waals surface area contributed by atoms with Crippen LogP contribution in [0.4, 0.5) is 11.4 Å². The Balaban J connectivity index is 1.78. The molecule has 134 valence electrons. The van der Waals surface area contributed by atoms with Gasteiger partial charge in [-0.1, -0.05) is 36.4 Å². The number of anilines is 2. The van der Waals surface area contributed by atoms with Crippen molar-refractivity contribution >= 4 is 34.5 Å². The van der Waals surface area contributed by atoms with Gasteiger partial charge in [0.1, 0.15) is 11.4 Å². The Morgan fingerprint density at radius 3 is 2.35 bits per heavy atom. The Kier molecular flexibility index (Phi) is 4.29. The molecule has 1 fully saturated rings. The average molecular weight is 366 g/mol. The maximum atomic E-state index is 6.02. The summed E-state index contributed by atoms with van der Waals surface area (Å²) in [6, 6.07) is 20.4. The van der Waals surface area contributed by atoms with E-state index in [2.05, 4.69) is 48.3 Å². The van der Waals surface area contributed by atoms with Gasteiger partial charge in [-0.05, 0) is 50.3 Å². The number of hydrogen-bond donors (Lipinski definition) is 1. The summed E-state index contributed by atoms with van der Waals surface area (Å²) in [6.45, 7) is 4.95. The van der Waals surface area contributed by atoms with Gasteiger partial charge in [-0.3, -0.25) is 0 Å². The van der Waals surface area contributed by atoms with Crippen molar-refractivity contribution in [2.24, 2.45) is 4.99 Å². The van der Waals surface area contributed by atoms with Gasteiger partial charge in [-0.25, -0.2) is 4.99 Å². The molecule has 1 atom stereocenters. The SMILES string of the molecule is CC1(C)C[C@]2(CCO1)C(Nc1ccccc1)=NC(=S)N2c1ccccc1. The lowest BCUT2D eigenvalue weighted by Crippen LogP contribution is -2.60. The number of benzene rings is 2. The fourth-order valence-electron chi connectivity index (χ4n) is 4.01. The van der Waals surface area contributed by atoms with Gasteiger partial charge in [0.05, 0.1) is 5.60 Å². The van der Waals surface area contributed by atoms with Crippen molar-refractivity contribution in [1.82, 2.24) is 0 Å². The molecule has 2 heterocycles. The van der Waals surface area contributed by atoms with Crippen LogP contribution in [0, 0.1) is 0 Å². The van der Waals surface area contributed by atoms with Crippen LogP contribution in [-0.4, -0.2) is 28.7 Å². The standard InChI is InChI=1S/C21H23N3OS/c1-20(2)15-21(13-14-25-20)18(22-16-9-5-3-6-10-16)23-19(26)24(21)17-11-7-4-8-12-17/h3-12H,13-15H2,1-2H3,(H,22,23,26)/t21-/m1/s1. The number of amidine groups is 1. The van der Waals surface area contributed by atoms with Gasteiger partial charge in [0.2, 0.25) is 5.11 Å². The van der Waals surface area contributed by atoms with Crippen molar-refractivity contribution in [3.05, 3.63) is 60.7 Å². The molecular weight excluding hydrogens is 342 g/mol. The van der Waals surface area contributed by atoms with Gasteiger partial charge in [0.15, 0.2) is 0 Å². The van der Waals surface area contributed by atoms with E-state index >= 15 is 0 Å². The zero-order valence-electron chi connectivity index (χ0n) is 15.1. The second kappa shape index (κ2) is 6.49. The molecule has 5 heteroatoms. The van der Waals surface area contributed by atoms with Crippen molar-refractivity contribution < 1.29 is 4.74 Å². The molecule has 0 radical (unpaired) electrons. The first-order chi connectivity index (χ1) is 12.5. The topological polar surface area (TPSA) is 36.9 Å². The quantitative estimate of drug-likeness (QED) is 0.787. The maximum Gasteiger partial charge on any atom is 0.202 e. The predicted molar refractivity (Wildman–Crippen MR) is 111 cm³/mol. The second-order valence-electron chi connectivity index (χ2n) is 7.47. The third kappa shape index (κ3) is 3.02. The van der Waals surface area contributed by atoms with Crippen molar-refractivity contribution in [1.29, 1.82) is 0 Å². The van der Waals surface area contributed by atoms with Gasteiger partial charge in [-0.2, -0.15) is 0 Å². The van der Waals surface area contributed by atoms with E-state index in [9.17, 15) is 0 Å². The van der Waals surface area contributed by atoms with Crippen molar-refractivity contribution in [2.45, 2.75) is 37.8 Å². The van der Waals surface area contributed by atoms with Crippen molar-refractivity contribution in [2.75, 3.05) is 16.8 Å². The minimum absolute atomic E-state index is 0.246. The van der Waals surface area contributed by atoms with Crippen molar-refractivity contribution in [3.63, 3.8) is 0 Å². The molecule has 2 aliphatic heterocycles. The molecule has 0 bridgehead atoms. The Bertz CT molecular complexity index is 835. The third-order valence-electron chi connectivity index (χ3n) is 5.05. The minimum atomic E-state index is -0.323. The zero-order chi connectivity index (χ0) is 18.2. The van der Waals surface area contributed by atoms with Gasteiger partial charge >= 0.3 is 0 Å². The Morgan fingerprint density at radius 1 is 1.04 bits per heavy atom. The number of nitrogens with zero attached hydrogens (tertiary/aromatic N) is 2. The molecule has 0 saturated carbocycles. The van der Waals surface area contributed by atoms with Gasteiger partial charge in [-0.15, -0.1) is 0 Å². The monoisotopic (exact) mass is 365 g/mol. The molecule has 2 aromatic rings. The van der Waals surface area contributed by atoms with Crippen LogP contribution in [0.2, 0.25) is 0 Å². The van der Waals surface area contributed by atoms with E-state index in [0.717, 1.165) is 30.1 Å². The molecule has 0 amide bonds. The summed E-state index contributed by atoms with van der Waals surface area (Å²) in [5.41, 5.74) is 1.52. The van der Waals surface area contributed by atoms with Crippen LogP contribution in [0.1, 0.15) is 26.7 Å². The van der Waals surface area contributed by atoms with Crippen LogP contribution in [0.3, 0.4) is 0 Å². The molecule has 4 rings (SSSR count). The average Bonchev–Trinajstić information content (AvgIpc) is 2.86. The first-order valence-electron chi connectivity index (χ1n) is 8.95. The Hall–Kier alpha value is -2.24. The fraction of sp³-hybridized carbons (Fsp3) is 0.333. The number of nitrogens with one attached hydrogen (secondary N) is 1. The molecule has 0 aromatic heterocycles. The van der Waals surface area contributed by atoms with Gasteiger partial charge in [0, 0.05) is 30.8 Å². The minimum Gasteiger partial charge on any atom is -0.375 e. The van der Waals surface area contributed by atoms with Crippen LogP contribution < -0.4 is 10.2 Å². The number of ether oxygens (including phenoxy) is 1. The molecule has 1 saturated heterocycles. The van der Waals surface area contributed by atoms with Gasteiger partial charge in [0.25, 0.3) is 0 Å². The molecule has 0 aliphatic carbocycles. The van der Waals surface area contributed by atoms with Crippen LogP contribution >= 0.6 is 12.2 Å². The molecular formula is C21H23N3OS. The molecule has 0 unspecified atom stereocenters. The molecule has 1 N–H and O–H groups in total. The Morgan fingerprint density at radius 2 is 1.69 bits per heavy atom. The lowest BCUT2D eigenvalue weighted by atomic mass is 9.79. The predicted octanol–water partition coefficient (Wildman–Crippen LogP) is 4.63. The van der Waals surface area contributed by atoms with E-state index in [0.29, 0.717) is 11.7 Å². The summed E-state index contributed by atoms with van der Waals surface area (Å²) < 4.78 is 6.02. The molecule has 1 spiro atoms. The molecule has 2 aromatic carbocycles. The summed E-state index contributed by atoms with van der Waals surface area (Å²) in [6.07, 6.45) is 1.65. The van der Waals surface area contributed by atoms with E-state index < -0.39 is 0 Å². The van der Waals surface area contributed by atoms with E-state index in [1.54, 1.807) is 0 Å². The van der Waals surface area contributed by atoms with E-state index in [-0.39, 0.29) is 11.1 Å². The number of aliphatic imine (C=N–C) groups is 1. The zero-order valence-corrected chi connectivity index (χ0v) is 15.9. The highest BCUT2D eigenvalue weighted by Crippen LogP contribution is 2.43. The highest BCUT2D eigenvalue weighted by atomic mass is 32.1. The van der Waals surface area contributed by atoms with E-state index in [1.165, 1.54) is 0 Å². The van der Waals surface area contributed by atoms with Crippen LogP contribution in [0.15, 0.2) is 65.7 Å². The summed E-state index contributed by atoms with van der Waals surface area (Å²) in [5.74, 6) is 0.911. The number of hydrogen-bond acceptors (Lipinski definition) is 3. The van der Waals surface area contributed by atoms with Crippen LogP contribution in [-0.2, 0) is 4.74 Å². The number of rotatable bonds is 2. The maximum absolute atomic E-state index is 6.02. The largest absolute Gasteiger partial charge is 0.375 e. The summed E-state index contributed by atoms with van der Waals surface area (Å²) in [7, 11) is 0. The Labute approximate surface area is 159 Å². The number of para-hydroxylation sites is 2. The van der Waals surface area contributed by atoms with Gasteiger partial charge < -0.3 is 15.0 Å². The fourth-order valence-corrected chi connectivity index (χ4v) is 4.38. The van der Waals surface area contributed by atoms with Crippen molar-refractivity contribution in [3.8, 4) is 0 Å². The lowest BCUT2D eigenvalue weighted by molar-refractivity contribution is -0.0661. The number of thiocarbonyl (C=S) groups is 1.